The molecule has 0 radical (unpaired) electrons. The molecule has 0 aliphatic heterocycles. The Balaban J connectivity index is 1.97. The van der Waals surface area contributed by atoms with Gasteiger partial charge in [0, 0.05) is 5.69 Å². The molecule has 2 rings (SSSR count). The highest BCUT2D eigenvalue weighted by Gasteiger charge is 2.29. The molecule has 0 spiro atoms. The fourth-order valence-electron chi connectivity index (χ4n) is 3.33. The largest absolute Gasteiger partial charge is 0.362 e. The topological polar surface area (TPSA) is 12.0 Å². The SMILES string of the molecule is C=C[C@@H]1CCC(C(C)C)[C@H](/C=C\Nc2ccccc2)C1. The minimum atomic E-state index is 0.669. The van der Waals surface area contributed by atoms with E-state index in [1.807, 2.05) is 6.07 Å². The summed E-state index contributed by atoms with van der Waals surface area (Å²) in [5.74, 6) is 2.92. The third-order valence-electron chi connectivity index (χ3n) is 4.55. The Bertz CT molecular complexity index is 432. The predicted molar refractivity (Wildman–Crippen MR) is 88.6 cm³/mol. The van der Waals surface area contributed by atoms with E-state index in [4.69, 9.17) is 0 Å². The van der Waals surface area contributed by atoms with Gasteiger partial charge in [0.1, 0.15) is 0 Å². The smallest absolute Gasteiger partial charge is 0.0379 e. The molecule has 1 saturated carbocycles. The van der Waals surface area contributed by atoms with E-state index in [1.54, 1.807) is 0 Å². The molecule has 108 valence electrons. The first-order valence-corrected chi connectivity index (χ1v) is 7.81. The first kappa shape index (κ1) is 14.9. The Hall–Kier alpha value is -1.50. The molecule has 0 amide bonds. The van der Waals surface area contributed by atoms with Crippen LogP contribution in [-0.4, -0.2) is 0 Å². The number of anilines is 1. The third-order valence-corrected chi connectivity index (χ3v) is 4.55. The third kappa shape index (κ3) is 4.00. The van der Waals surface area contributed by atoms with E-state index in [1.165, 1.54) is 19.3 Å². The number of para-hydroxylation sites is 1. The lowest BCUT2D eigenvalue weighted by atomic mass is 9.70. The van der Waals surface area contributed by atoms with Crippen molar-refractivity contribution in [3.63, 3.8) is 0 Å². The summed E-state index contributed by atoms with van der Waals surface area (Å²) >= 11 is 0. The minimum absolute atomic E-state index is 0.669. The molecule has 1 unspecified atom stereocenters. The molecule has 20 heavy (non-hydrogen) atoms. The summed E-state index contributed by atoms with van der Waals surface area (Å²) in [4.78, 5) is 0. The first-order valence-electron chi connectivity index (χ1n) is 7.81. The maximum absolute atomic E-state index is 3.98. The molecule has 0 aromatic heterocycles. The molecule has 1 aliphatic rings. The fraction of sp³-hybridized carbons (Fsp3) is 0.474. The van der Waals surface area contributed by atoms with Crippen molar-refractivity contribution in [3.05, 3.63) is 55.3 Å². The quantitative estimate of drug-likeness (QED) is 0.697. The molecular weight excluding hydrogens is 242 g/mol. The zero-order chi connectivity index (χ0) is 14.4. The molecular formula is C19H27N. The number of rotatable bonds is 5. The van der Waals surface area contributed by atoms with E-state index >= 15 is 0 Å². The van der Waals surface area contributed by atoms with Crippen molar-refractivity contribution in [2.45, 2.75) is 33.1 Å². The van der Waals surface area contributed by atoms with Gasteiger partial charge in [-0.05, 0) is 61.3 Å². The number of allylic oxidation sites excluding steroid dienone is 2. The number of nitrogens with one attached hydrogen (secondary N) is 1. The molecule has 1 aliphatic carbocycles. The monoisotopic (exact) mass is 269 g/mol. The average molecular weight is 269 g/mol. The molecule has 1 fully saturated rings. The van der Waals surface area contributed by atoms with Gasteiger partial charge in [-0.1, -0.05) is 44.2 Å². The number of hydrogen-bond donors (Lipinski definition) is 1. The van der Waals surface area contributed by atoms with Gasteiger partial charge in [-0.15, -0.1) is 6.58 Å². The Morgan fingerprint density at radius 2 is 1.95 bits per heavy atom. The summed E-state index contributed by atoms with van der Waals surface area (Å²) in [5, 5.41) is 3.38. The van der Waals surface area contributed by atoms with E-state index in [0.29, 0.717) is 11.8 Å². The van der Waals surface area contributed by atoms with Gasteiger partial charge >= 0.3 is 0 Å². The Morgan fingerprint density at radius 1 is 1.20 bits per heavy atom. The summed E-state index contributed by atoms with van der Waals surface area (Å²) in [6, 6.07) is 10.3. The molecule has 0 saturated heterocycles. The number of benzene rings is 1. The van der Waals surface area contributed by atoms with Crippen LogP contribution in [0.15, 0.2) is 55.3 Å². The van der Waals surface area contributed by atoms with Crippen LogP contribution >= 0.6 is 0 Å². The Kier molecular flexibility index (Phi) is 5.46. The van der Waals surface area contributed by atoms with Gasteiger partial charge in [-0.2, -0.15) is 0 Å². The lowest BCUT2D eigenvalue weighted by molar-refractivity contribution is 0.190. The minimum Gasteiger partial charge on any atom is -0.362 e. The molecule has 1 aromatic carbocycles. The second-order valence-electron chi connectivity index (χ2n) is 6.25. The highest BCUT2D eigenvalue weighted by Crippen LogP contribution is 2.39. The fourth-order valence-corrected chi connectivity index (χ4v) is 3.33. The van der Waals surface area contributed by atoms with Crippen LogP contribution in [0.5, 0.6) is 0 Å². The molecule has 0 bridgehead atoms. The van der Waals surface area contributed by atoms with E-state index in [0.717, 1.165) is 17.5 Å². The van der Waals surface area contributed by atoms with Gasteiger partial charge in [0.15, 0.2) is 0 Å². The first-order chi connectivity index (χ1) is 9.70. The van der Waals surface area contributed by atoms with Crippen LogP contribution in [0.4, 0.5) is 5.69 Å². The van der Waals surface area contributed by atoms with Crippen LogP contribution in [0.2, 0.25) is 0 Å². The van der Waals surface area contributed by atoms with Crippen LogP contribution < -0.4 is 5.32 Å². The number of hydrogen-bond acceptors (Lipinski definition) is 1. The van der Waals surface area contributed by atoms with Gasteiger partial charge in [-0.25, -0.2) is 0 Å². The van der Waals surface area contributed by atoms with Crippen molar-refractivity contribution in [1.29, 1.82) is 0 Å². The van der Waals surface area contributed by atoms with Gasteiger partial charge in [0.2, 0.25) is 0 Å². The zero-order valence-corrected chi connectivity index (χ0v) is 12.8. The van der Waals surface area contributed by atoms with Crippen molar-refractivity contribution in [2.75, 3.05) is 5.32 Å². The Labute approximate surface area is 123 Å². The normalized spacial score (nSPS) is 26.9. The molecule has 1 N–H and O–H groups in total. The second kappa shape index (κ2) is 7.33. The Morgan fingerprint density at radius 3 is 2.60 bits per heavy atom. The van der Waals surface area contributed by atoms with Gasteiger partial charge in [0.25, 0.3) is 0 Å². The van der Waals surface area contributed by atoms with Crippen molar-refractivity contribution in [1.82, 2.24) is 0 Å². The lowest BCUT2D eigenvalue weighted by Gasteiger charge is -2.36. The van der Waals surface area contributed by atoms with Crippen LogP contribution in [0.3, 0.4) is 0 Å². The summed E-state index contributed by atoms with van der Waals surface area (Å²) < 4.78 is 0. The van der Waals surface area contributed by atoms with E-state index in [2.05, 4.69) is 68.4 Å². The lowest BCUT2D eigenvalue weighted by Crippen LogP contribution is -2.26. The van der Waals surface area contributed by atoms with Gasteiger partial charge in [0.05, 0.1) is 0 Å². The van der Waals surface area contributed by atoms with E-state index < -0.39 is 0 Å². The zero-order valence-electron chi connectivity index (χ0n) is 12.8. The molecule has 3 atom stereocenters. The van der Waals surface area contributed by atoms with Crippen LogP contribution in [0, 0.1) is 23.7 Å². The van der Waals surface area contributed by atoms with Crippen molar-refractivity contribution in [3.8, 4) is 0 Å². The summed E-state index contributed by atoms with van der Waals surface area (Å²) in [6.45, 7) is 8.68. The van der Waals surface area contributed by atoms with Crippen molar-refractivity contribution < 1.29 is 0 Å². The second-order valence-corrected chi connectivity index (χ2v) is 6.25. The van der Waals surface area contributed by atoms with E-state index in [9.17, 15) is 0 Å². The molecule has 1 aromatic rings. The van der Waals surface area contributed by atoms with Gasteiger partial charge < -0.3 is 5.32 Å². The summed E-state index contributed by atoms with van der Waals surface area (Å²) in [6.07, 6.45) is 10.5. The van der Waals surface area contributed by atoms with Crippen molar-refractivity contribution in [2.24, 2.45) is 23.7 Å². The van der Waals surface area contributed by atoms with Crippen LogP contribution in [0.25, 0.3) is 0 Å². The standard InChI is InChI=1S/C19H27N/c1-4-16-10-11-19(15(2)3)17(14-16)12-13-20-18-8-6-5-7-9-18/h4-9,12-13,15-17,19-20H,1,10-11,14H2,2-3H3/b13-12-/t16-,17-,19?/m1/s1. The van der Waals surface area contributed by atoms with Crippen LogP contribution in [0.1, 0.15) is 33.1 Å². The van der Waals surface area contributed by atoms with E-state index in [-0.39, 0.29) is 0 Å². The average Bonchev–Trinajstić information content (AvgIpc) is 2.48. The highest BCUT2D eigenvalue weighted by atomic mass is 14.8. The van der Waals surface area contributed by atoms with Crippen molar-refractivity contribution >= 4 is 5.69 Å². The van der Waals surface area contributed by atoms with Gasteiger partial charge in [-0.3, -0.25) is 0 Å². The summed E-state index contributed by atoms with van der Waals surface area (Å²) in [7, 11) is 0. The maximum Gasteiger partial charge on any atom is 0.0379 e. The molecule has 1 nitrogen and oxygen atoms in total. The molecule has 1 heteroatoms. The summed E-state index contributed by atoms with van der Waals surface area (Å²) in [5.41, 5.74) is 1.15. The van der Waals surface area contributed by atoms with Crippen LogP contribution in [-0.2, 0) is 0 Å². The predicted octanol–water partition coefficient (Wildman–Crippen LogP) is 5.49. The maximum atomic E-state index is 3.98. The highest BCUT2D eigenvalue weighted by molar-refractivity contribution is 5.44. The molecule has 0 heterocycles.